The average molecular weight is 284 g/mol. The lowest BCUT2D eigenvalue weighted by atomic mass is 9.93. The van der Waals surface area contributed by atoms with Gasteiger partial charge in [-0.2, -0.15) is 0 Å². The number of aryl methyl sites for hydroxylation is 2. The van der Waals surface area contributed by atoms with Crippen LogP contribution in [0.15, 0.2) is 29.6 Å². The van der Waals surface area contributed by atoms with Gasteiger partial charge in [0.2, 0.25) is 0 Å². The summed E-state index contributed by atoms with van der Waals surface area (Å²) < 4.78 is 0. The molecule has 2 nitrogen and oxygen atoms in total. The average Bonchev–Trinajstić information content (AvgIpc) is 3.06. The summed E-state index contributed by atoms with van der Waals surface area (Å²) in [6.07, 6.45) is 6.20. The van der Waals surface area contributed by atoms with Gasteiger partial charge in [0.15, 0.2) is 0 Å². The van der Waals surface area contributed by atoms with Gasteiger partial charge < -0.3 is 11.1 Å². The first-order valence-electron chi connectivity index (χ1n) is 7.52. The second-order valence-electron chi connectivity index (χ2n) is 5.96. The number of benzene rings is 1. The van der Waals surface area contributed by atoms with Crippen LogP contribution in [-0.4, -0.2) is 0 Å². The molecule has 4 rings (SSSR count). The molecule has 1 heterocycles. The Morgan fingerprint density at radius 2 is 1.95 bits per heavy atom. The van der Waals surface area contributed by atoms with Gasteiger partial charge in [0.1, 0.15) is 0 Å². The van der Waals surface area contributed by atoms with Crippen LogP contribution in [0.5, 0.6) is 0 Å². The van der Waals surface area contributed by atoms with Crippen LogP contribution in [-0.2, 0) is 12.8 Å². The zero-order chi connectivity index (χ0) is 13.5. The highest BCUT2D eigenvalue weighted by atomic mass is 32.1. The molecule has 3 heteroatoms. The molecule has 0 aliphatic heterocycles. The molecule has 2 aromatic rings. The second kappa shape index (κ2) is 4.90. The van der Waals surface area contributed by atoms with Crippen molar-refractivity contribution >= 4 is 17.0 Å². The summed E-state index contributed by atoms with van der Waals surface area (Å²) in [6, 6.07) is 9.76. The van der Waals surface area contributed by atoms with E-state index in [0.717, 1.165) is 12.1 Å². The molecule has 0 spiro atoms. The van der Waals surface area contributed by atoms with E-state index < -0.39 is 0 Å². The number of nitrogens with one attached hydrogen (secondary N) is 1. The standard InChI is InChI=1S/C17H20N2S/c18-12-5-6-13-11(10-12)4-7-16(13)19-15-2-1-3-17-14(15)8-9-20-17/h5-6,8-10,15-16,19H,1-4,7,18H2. The number of nitrogens with two attached hydrogens (primary N) is 1. The molecule has 0 bridgehead atoms. The van der Waals surface area contributed by atoms with Crippen LogP contribution < -0.4 is 11.1 Å². The minimum atomic E-state index is 0.501. The molecule has 0 amide bonds. The fourth-order valence-corrected chi connectivity index (χ4v) is 4.70. The van der Waals surface area contributed by atoms with E-state index in [1.165, 1.54) is 36.8 Å². The van der Waals surface area contributed by atoms with Crippen LogP contribution in [0, 0.1) is 0 Å². The predicted octanol–water partition coefficient (Wildman–Crippen LogP) is 3.98. The Kier molecular flexibility index (Phi) is 3.04. The Hall–Kier alpha value is -1.32. The minimum Gasteiger partial charge on any atom is -0.399 e. The molecule has 0 saturated carbocycles. The fourth-order valence-electron chi connectivity index (χ4n) is 3.71. The van der Waals surface area contributed by atoms with Crippen molar-refractivity contribution in [2.75, 3.05) is 5.73 Å². The van der Waals surface area contributed by atoms with Crippen molar-refractivity contribution in [1.29, 1.82) is 0 Å². The van der Waals surface area contributed by atoms with Crippen LogP contribution >= 0.6 is 11.3 Å². The molecule has 1 aromatic carbocycles. The molecule has 104 valence electrons. The number of nitrogen functional groups attached to an aromatic ring is 1. The predicted molar refractivity (Wildman–Crippen MR) is 85.1 cm³/mol. The van der Waals surface area contributed by atoms with Crippen LogP contribution in [0.2, 0.25) is 0 Å². The summed E-state index contributed by atoms with van der Waals surface area (Å²) in [5.41, 5.74) is 11.2. The second-order valence-corrected chi connectivity index (χ2v) is 6.96. The van der Waals surface area contributed by atoms with Crippen molar-refractivity contribution < 1.29 is 0 Å². The Morgan fingerprint density at radius 3 is 2.90 bits per heavy atom. The Balaban J connectivity index is 1.58. The van der Waals surface area contributed by atoms with Crippen molar-refractivity contribution in [2.24, 2.45) is 0 Å². The maximum atomic E-state index is 5.89. The van der Waals surface area contributed by atoms with E-state index in [9.17, 15) is 0 Å². The molecule has 3 N–H and O–H groups in total. The number of anilines is 1. The molecule has 2 aliphatic carbocycles. The van der Waals surface area contributed by atoms with E-state index in [2.05, 4.69) is 28.9 Å². The third-order valence-corrected chi connectivity index (χ3v) is 5.70. The van der Waals surface area contributed by atoms with Crippen molar-refractivity contribution in [3.05, 3.63) is 51.2 Å². The third-order valence-electron chi connectivity index (χ3n) is 4.70. The summed E-state index contributed by atoms with van der Waals surface area (Å²) in [7, 11) is 0. The topological polar surface area (TPSA) is 38.0 Å². The van der Waals surface area contributed by atoms with Crippen molar-refractivity contribution in [2.45, 2.75) is 44.2 Å². The van der Waals surface area contributed by atoms with E-state index >= 15 is 0 Å². The van der Waals surface area contributed by atoms with E-state index in [4.69, 9.17) is 5.73 Å². The van der Waals surface area contributed by atoms with E-state index in [0.29, 0.717) is 12.1 Å². The van der Waals surface area contributed by atoms with Crippen molar-refractivity contribution in [3.8, 4) is 0 Å². The van der Waals surface area contributed by atoms with Gasteiger partial charge in [-0.1, -0.05) is 6.07 Å². The van der Waals surface area contributed by atoms with Gasteiger partial charge in [-0.05, 0) is 72.4 Å². The number of thiophene rings is 1. The number of rotatable bonds is 2. The highest BCUT2D eigenvalue weighted by Crippen LogP contribution is 2.38. The monoisotopic (exact) mass is 284 g/mol. The van der Waals surface area contributed by atoms with Crippen LogP contribution in [0.1, 0.15) is 52.9 Å². The Morgan fingerprint density at radius 1 is 1.05 bits per heavy atom. The van der Waals surface area contributed by atoms with E-state index in [-0.39, 0.29) is 0 Å². The highest BCUT2D eigenvalue weighted by molar-refractivity contribution is 7.10. The smallest absolute Gasteiger partial charge is 0.0336 e. The summed E-state index contributed by atoms with van der Waals surface area (Å²) >= 11 is 1.92. The van der Waals surface area contributed by atoms with Crippen LogP contribution in [0.3, 0.4) is 0 Å². The molecule has 20 heavy (non-hydrogen) atoms. The van der Waals surface area contributed by atoms with Gasteiger partial charge in [-0.25, -0.2) is 0 Å². The fraction of sp³-hybridized carbons (Fsp3) is 0.412. The molecule has 1 aromatic heterocycles. The third kappa shape index (κ3) is 2.05. The maximum absolute atomic E-state index is 5.89. The normalized spacial score (nSPS) is 24.4. The molecule has 0 saturated heterocycles. The summed E-state index contributed by atoms with van der Waals surface area (Å²) in [5.74, 6) is 0. The number of hydrogen-bond acceptors (Lipinski definition) is 3. The number of hydrogen-bond donors (Lipinski definition) is 2. The van der Waals surface area contributed by atoms with Gasteiger partial charge in [0.05, 0.1) is 0 Å². The highest BCUT2D eigenvalue weighted by Gasteiger charge is 2.28. The first kappa shape index (κ1) is 12.4. The van der Waals surface area contributed by atoms with Crippen LogP contribution in [0.4, 0.5) is 5.69 Å². The quantitative estimate of drug-likeness (QED) is 0.818. The van der Waals surface area contributed by atoms with Crippen molar-refractivity contribution in [3.63, 3.8) is 0 Å². The molecule has 2 unspecified atom stereocenters. The van der Waals surface area contributed by atoms with E-state index in [1.807, 2.05) is 17.4 Å². The number of fused-ring (bicyclic) bond motifs is 2. The van der Waals surface area contributed by atoms with E-state index in [1.54, 1.807) is 10.4 Å². The zero-order valence-electron chi connectivity index (χ0n) is 11.6. The van der Waals surface area contributed by atoms with Gasteiger partial charge in [-0.15, -0.1) is 11.3 Å². The maximum Gasteiger partial charge on any atom is 0.0336 e. The SMILES string of the molecule is Nc1ccc2c(c1)CCC2NC1CCCc2sccc21. The van der Waals surface area contributed by atoms with Crippen molar-refractivity contribution in [1.82, 2.24) is 5.32 Å². The largest absolute Gasteiger partial charge is 0.399 e. The summed E-state index contributed by atoms with van der Waals surface area (Å²) in [6.45, 7) is 0. The summed E-state index contributed by atoms with van der Waals surface area (Å²) in [5, 5.41) is 6.15. The first-order chi connectivity index (χ1) is 9.81. The Bertz CT molecular complexity index is 632. The molecule has 2 atom stereocenters. The summed E-state index contributed by atoms with van der Waals surface area (Å²) in [4.78, 5) is 1.59. The Labute approximate surface area is 124 Å². The van der Waals surface area contributed by atoms with Crippen LogP contribution in [0.25, 0.3) is 0 Å². The molecule has 2 aliphatic rings. The molecule has 0 radical (unpaired) electrons. The van der Waals surface area contributed by atoms with Gasteiger partial charge in [-0.3, -0.25) is 0 Å². The van der Waals surface area contributed by atoms with Gasteiger partial charge in [0, 0.05) is 22.6 Å². The minimum absolute atomic E-state index is 0.501. The van der Waals surface area contributed by atoms with Gasteiger partial charge in [0.25, 0.3) is 0 Å². The molecular formula is C17H20N2S. The lowest BCUT2D eigenvalue weighted by Crippen LogP contribution is -2.27. The first-order valence-corrected chi connectivity index (χ1v) is 8.40. The zero-order valence-corrected chi connectivity index (χ0v) is 12.4. The molecular weight excluding hydrogens is 264 g/mol. The van der Waals surface area contributed by atoms with Gasteiger partial charge >= 0.3 is 0 Å². The molecule has 0 fully saturated rings. The lowest BCUT2D eigenvalue weighted by molar-refractivity contribution is 0.401. The lowest BCUT2D eigenvalue weighted by Gasteiger charge is -2.27.